The largest absolute Gasteiger partial charge is 0.384 e. The number of hydrogen-bond acceptors (Lipinski definition) is 6. The number of carbonyl (C=O) groups is 2. The lowest BCUT2D eigenvalue weighted by atomic mass is 10.2. The molecule has 2 N–H and O–H groups in total. The van der Waals surface area contributed by atoms with Crippen LogP contribution in [0.5, 0.6) is 0 Å². The van der Waals surface area contributed by atoms with E-state index in [1.807, 2.05) is 24.3 Å². The number of carbonyl (C=O) groups excluding carboxylic acids is 2. The molecule has 0 fully saturated rings. The van der Waals surface area contributed by atoms with Crippen LogP contribution in [0.2, 0.25) is 0 Å². The van der Waals surface area contributed by atoms with E-state index in [0.29, 0.717) is 24.3 Å². The highest BCUT2D eigenvalue weighted by Gasteiger charge is 2.08. The molecule has 0 saturated carbocycles. The lowest BCUT2D eigenvalue weighted by molar-refractivity contribution is -0.115. The average Bonchev–Trinajstić information content (AvgIpc) is 2.69. The van der Waals surface area contributed by atoms with Crippen molar-refractivity contribution in [2.45, 2.75) is 26.7 Å². The number of rotatable bonds is 11. The fraction of sp³-hybridized carbons (Fsp3) is 0.364. The van der Waals surface area contributed by atoms with Gasteiger partial charge in [-0.1, -0.05) is 58.9 Å². The number of hydrogen-bond donors (Lipinski definition) is 2. The van der Waals surface area contributed by atoms with Gasteiger partial charge in [0.15, 0.2) is 10.2 Å². The van der Waals surface area contributed by atoms with Crippen molar-refractivity contribution >= 4 is 45.1 Å². The van der Waals surface area contributed by atoms with Gasteiger partial charge in [-0.3, -0.25) is 9.59 Å². The molecular weight excluding hydrogens is 388 g/mol. The summed E-state index contributed by atoms with van der Waals surface area (Å²) in [6.45, 7) is 5.57. The van der Waals surface area contributed by atoms with Crippen molar-refractivity contribution in [3.8, 4) is 0 Å². The third-order valence-electron chi connectivity index (χ3n) is 4.02. The number of thioether (sulfide) groups is 2. The zero-order valence-electron chi connectivity index (χ0n) is 16.5. The van der Waals surface area contributed by atoms with E-state index in [1.165, 1.54) is 34.7 Å². The first-order chi connectivity index (χ1) is 13.5. The zero-order valence-corrected chi connectivity index (χ0v) is 18.1. The molecule has 4 nitrogen and oxygen atoms in total. The lowest BCUT2D eigenvalue weighted by Crippen LogP contribution is -2.08. The summed E-state index contributed by atoms with van der Waals surface area (Å²) in [6, 6.07) is 16.4. The molecule has 0 aromatic heterocycles. The summed E-state index contributed by atoms with van der Waals surface area (Å²) in [7, 11) is 0. The highest BCUT2D eigenvalue weighted by atomic mass is 32.2. The highest BCUT2D eigenvalue weighted by Crippen LogP contribution is 2.14. The van der Waals surface area contributed by atoms with Crippen molar-refractivity contribution in [1.82, 2.24) is 0 Å². The maximum atomic E-state index is 11.9. The van der Waals surface area contributed by atoms with Gasteiger partial charge in [0.1, 0.15) is 0 Å². The molecule has 0 atom stereocenters. The summed E-state index contributed by atoms with van der Waals surface area (Å²) in [5.41, 5.74) is 4.57. The van der Waals surface area contributed by atoms with Gasteiger partial charge in [-0.2, -0.15) is 0 Å². The van der Waals surface area contributed by atoms with Crippen LogP contribution in [0.15, 0.2) is 48.5 Å². The predicted octanol–water partition coefficient (Wildman–Crippen LogP) is 5.13. The number of benzene rings is 2. The van der Waals surface area contributed by atoms with Gasteiger partial charge in [0.2, 0.25) is 0 Å². The van der Waals surface area contributed by atoms with E-state index >= 15 is 0 Å². The average molecular weight is 417 g/mol. The lowest BCUT2D eigenvalue weighted by Gasteiger charge is -2.07. The van der Waals surface area contributed by atoms with Crippen LogP contribution in [0.25, 0.3) is 0 Å². The van der Waals surface area contributed by atoms with Gasteiger partial charge in [-0.15, -0.1) is 0 Å². The standard InChI is InChI=1S/C22H28N2O2S2/c1-17-3-7-19(8-4-17)23-13-15-27-21(25)11-12-22(26)28-16-14-24-20-9-5-18(2)6-10-20/h3-10,23-24H,11-16H2,1-2H3. The van der Waals surface area contributed by atoms with Gasteiger partial charge < -0.3 is 10.6 Å². The van der Waals surface area contributed by atoms with Crippen molar-refractivity contribution in [2.75, 3.05) is 35.2 Å². The van der Waals surface area contributed by atoms with Gasteiger partial charge in [-0.05, 0) is 38.1 Å². The van der Waals surface area contributed by atoms with E-state index in [4.69, 9.17) is 0 Å². The van der Waals surface area contributed by atoms with Crippen LogP contribution in [-0.2, 0) is 9.59 Å². The number of aryl methyl sites for hydroxylation is 2. The van der Waals surface area contributed by atoms with Crippen LogP contribution in [-0.4, -0.2) is 34.8 Å². The third-order valence-corrected chi connectivity index (χ3v) is 5.89. The Morgan fingerprint density at radius 1 is 0.679 bits per heavy atom. The minimum atomic E-state index is 0.0810. The Kier molecular flexibility index (Phi) is 10.0. The Bertz CT molecular complexity index is 681. The van der Waals surface area contributed by atoms with Gasteiger partial charge in [0.25, 0.3) is 0 Å². The van der Waals surface area contributed by atoms with Crippen molar-refractivity contribution in [2.24, 2.45) is 0 Å². The normalized spacial score (nSPS) is 10.5. The molecule has 2 aromatic rings. The first kappa shape index (κ1) is 22.4. The van der Waals surface area contributed by atoms with Crippen LogP contribution in [0, 0.1) is 13.8 Å². The second-order valence-corrected chi connectivity index (χ2v) is 8.83. The Balaban J connectivity index is 1.49. The van der Waals surface area contributed by atoms with Crippen LogP contribution in [0.3, 0.4) is 0 Å². The minimum absolute atomic E-state index is 0.0810. The molecule has 0 amide bonds. The fourth-order valence-corrected chi connectivity index (χ4v) is 3.77. The summed E-state index contributed by atoms with van der Waals surface area (Å²) >= 11 is 2.58. The molecule has 150 valence electrons. The Morgan fingerprint density at radius 2 is 1.04 bits per heavy atom. The molecule has 2 rings (SSSR count). The minimum Gasteiger partial charge on any atom is -0.384 e. The number of nitrogens with one attached hydrogen (secondary N) is 2. The second-order valence-electron chi connectivity index (χ2n) is 6.53. The molecule has 0 unspecified atom stereocenters. The second kappa shape index (κ2) is 12.5. The van der Waals surface area contributed by atoms with Crippen molar-refractivity contribution in [3.63, 3.8) is 0 Å². The quantitative estimate of drug-likeness (QED) is 0.496. The third kappa shape index (κ3) is 9.33. The molecule has 0 saturated heterocycles. The Labute approximate surface area is 176 Å². The maximum absolute atomic E-state index is 11.9. The van der Waals surface area contributed by atoms with E-state index in [2.05, 4.69) is 48.7 Å². The molecule has 0 aliphatic rings. The molecule has 0 aliphatic heterocycles. The van der Waals surface area contributed by atoms with E-state index in [9.17, 15) is 9.59 Å². The van der Waals surface area contributed by atoms with Crippen LogP contribution >= 0.6 is 23.5 Å². The molecule has 2 aromatic carbocycles. The monoisotopic (exact) mass is 416 g/mol. The zero-order chi connectivity index (χ0) is 20.2. The molecule has 0 heterocycles. The van der Waals surface area contributed by atoms with E-state index < -0.39 is 0 Å². The van der Waals surface area contributed by atoms with Crippen LogP contribution < -0.4 is 10.6 Å². The molecule has 0 bridgehead atoms. The summed E-state index contributed by atoms with van der Waals surface area (Å²) in [5.74, 6) is 1.41. The van der Waals surface area contributed by atoms with Crippen molar-refractivity contribution in [1.29, 1.82) is 0 Å². The molecule has 6 heteroatoms. The predicted molar refractivity (Wildman–Crippen MR) is 124 cm³/mol. The summed E-state index contributed by atoms with van der Waals surface area (Å²) in [6.07, 6.45) is 0.624. The molecule has 0 radical (unpaired) electrons. The Hall–Kier alpha value is -1.92. The molecular formula is C22H28N2O2S2. The summed E-state index contributed by atoms with van der Waals surface area (Å²) < 4.78 is 0. The van der Waals surface area contributed by atoms with Crippen LogP contribution in [0.1, 0.15) is 24.0 Å². The van der Waals surface area contributed by atoms with Crippen molar-refractivity contribution < 1.29 is 9.59 Å². The molecule has 28 heavy (non-hydrogen) atoms. The van der Waals surface area contributed by atoms with Gasteiger partial charge in [-0.25, -0.2) is 0 Å². The summed E-state index contributed by atoms with van der Waals surface area (Å²) in [5, 5.41) is 6.75. The van der Waals surface area contributed by atoms with Crippen LogP contribution in [0.4, 0.5) is 11.4 Å². The van der Waals surface area contributed by atoms with E-state index in [0.717, 1.165) is 24.5 Å². The highest BCUT2D eigenvalue weighted by molar-refractivity contribution is 8.14. The smallest absolute Gasteiger partial charge is 0.189 e. The SMILES string of the molecule is Cc1ccc(NCCSC(=O)CCC(=O)SCCNc2ccc(C)cc2)cc1. The fourth-order valence-electron chi connectivity index (χ4n) is 2.41. The first-order valence-electron chi connectivity index (χ1n) is 9.45. The van der Waals surface area contributed by atoms with Gasteiger partial charge in [0, 0.05) is 48.8 Å². The molecule has 0 aliphatic carbocycles. The Morgan fingerprint density at radius 3 is 1.39 bits per heavy atom. The maximum Gasteiger partial charge on any atom is 0.189 e. The van der Waals surface area contributed by atoms with E-state index in [-0.39, 0.29) is 10.2 Å². The first-order valence-corrected chi connectivity index (χ1v) is 11.4. The molecule has 0 spiro atoms. The van der Waals surface area contributed by atoms with Crippen molar-refractivity contribution in [3.05, 3.63) is 59.7 Å². The van der Waals surface area contributed by atoms with E-state index in [1.54, 1.807) is 0 Å². The van der Waals surface area contributed by atoms with Gasteiger partial charge in [0.05, 0.1) is 0 Å². The number of anilines is 2. The summed E-state index contributed by atoms with van der Waals surface area (Å²) in [4.78, 5) is 23.8. The topological polar surface area (TPSA) is 58.2 Å². The van der Waals surface area contributed by atoms with Gasteiger partial charge >= 0.3 is 0 Å².